The zero-order valence-electron chi connectivity index (χ0n) is 4.93. The van der Waals surface area contributed by atoms with Crippen LogP contribution in [0.15, 0.2) is 24.3 Å². The van der Waals surface area contributed by atoms with Gasteiger partial charge in [0.1, 0.15) is 0 Å². The number of allylic oxidation sites excluding steroid dienone is 2. The minimum atomic E-state index is 0.278. The highest BCUT2D eigenvalue weighted by atomic mass is 14.6. The average molecular weight is 109 g/mol. The predicted octanol–water partition coefficient (Wildman–Crippen LogP) is 1.22. The summed E-state index contributed by atoms with van der Waals surface area (Å²) in [5.74, 6) is 0. The fraction of sp³-hybridized carbons (Fsp3) is 0.429. The molecule has 0 amide bonds. The summed E-state index contributed by atoms with van der Waals surface area (Å²) in [6.45, 7) is 3.81. The Hall–Kier alpha value is -0.560. The van der Waals surface area contributed by atoms with Gasteiger partial charge in [-0.3, -0.25) is 0 Å². The van der Waals surface area contributed by atoms with Crippen LogP contribution in [0.4, 0.5) is 0 Å². The molecule has 0 saturated heterocycles. The molecular weight excluding hydrogens is 98.1 g/mol. The molecule has 8 heavy (non-hydrogen) atoms. The second-order valence-electron chi connectivity index (χ2n) is 2.22. The quantitative estimate of drug-likeness (QED) is 0.497. The van der Waals surface area contributed by atoms with Crippen molar-refractivity contribution in [2.75, 3.05) is 0 Å². The van der Waals surface area contributed by atoms with E-state index < -0.39 is 0 Å². The van der Waals surface area contributed by atoms with Crippen LogP contribution >= 0.6 is 0 Å². The summed E-state index contributed by atoms with van der Waals surface area (Å²) in [5, 5.41) is 0. The molecule has 1 atom stereocenters. The van der Waals surface area contributed by atoms with Crippen molar-refractivity contribution in [3.63, 3.8) is 0 Å². The van der Waals surface area contributed by atoms with Crippen molar-refractivity contribution in [3.05, 3.63) is 24.3 Å². The van der Waals surface area contributed by atoms with Gasteiger partial charge in [0, 0.05) is 6.04 Å². The van der Waals surface area contributed by atoms with Crippen LogP contribution in [-0.2, 0) is 0 Å². The lowest BCUT2D eigenvalue weighted by Crippen LogP contribution is -2.18. The Kier molecular flexibility index (Phi) is 1.49. The van der Waals surface area contributed by atoms with Gasteiger partial charge in [-0.2, -0.15) is 0 Å². The van der Waals surface area contributed by atoms with Crippen molar-refractivity contribution in [1.82, 2.24) is 0 Å². The van der Waals surface area contributed by atoms with E-state index >= 15 is 0 Å². The first-order chi connectivity index (χ1) is 3.79. The molecule has 0 bridgehead atoms. The Morgan fingerprint density at radius 2 is 2.50 bits per heavy atom. The topological polar surface area (TPSA) is 26.0 Å². The summed E-state index contributed by atoms with van der Waals surface area (Å²) in [4.78, 5) is 0. The minimum Gasteiger partial charge on any atom is -0.324 e. The molecule has 0 spiro atoms. The Morgan fingerprint density at radius 3 is 2.88 bits per heavy atom. The highest BCUT2D eigenvalue weighted by Gasteiger charge is 2.02. The molecule has 44 valence electrons. The molecule has 1 unspecified atom stereocenters. The first kappa shape index (κ1) is 5.57. The number of rotatable bonds is 0. The van der Waals surface area contributed by atoms with Crippen LogP contribution in [0.1, 0.15) is 12.8 Å². The maximum atomic E-state index is 5.57. The van der Waals surface area contributed by atoms with E-state index in [4.69, 9.17) is 5.73 Å². The second kappa shape index (κ2) is 2.14. The first-order valence-corrected chi connectivity index (χ1v) is 2.90. The highest BCUT2D eigenvalue weighted by Crippen LogP contribution is 2.12. The van der Waals surface area contributed by atoms with Gasteiger partial charge in [0.2, 0.25) is 0 Å². The third kappa shape index (κ3) is 1.20. The van der Waals surface area contributed by atoms with Crippen LogP contribution in [0.25, 0.3) is 0 Å². The van der Waals surface area contributed by atoms with Crippen molar-refractivity contribution in [2.45, 2.75) is 18.9 Å². The number of hydrogen-bond acceptors (Lipinski definition) is 1. The van der Waals surface area contributed by atoms with Crippen LogP contribution in [-0.4, -0.2) is 6.04 Å². The summed E-state index contributed by atoms with van der Waals surface area (Å²) in [6.07, 6.45) is 6.15. The standard InChI is InChI=1S/C7H11N/c1-6-2-4-7(8)5-3-6/h2,4,7H,1,3,5,8H2. The van der Waals surface area contributed by atoms with Crippen LogP contribution in [0.3, 0.4) is 0 Å². The molecule has 0 fully saturated rings. The summed E-state index contributed by atoms with van der Waals surface area (Å²) in [5.41, 5.74) is 6.77. The van der Waals surface area contributed by atoms with Crippen LogP contribution in [0.2, 0.25) is 0 Å². The third-order valence-electron chi connectivity index (χ3n) is 1.38. The predicted molar refractivity (Wildman–Crippen MR) is 35.5 cm³/mol. The Labute approximate surface area is 49.9 Å². The number of nitrogens with two attached hydrogens (primary N) is 1. The normalized spacial score (nSPS) is 28.6. The smallest absolute Gasteiger partial charge is 0.0230 e. The van der Waals surface area contributed by atoms with Crippen LogP contribution in [0.5, 0.6) is 0 Å². The molecule has 1 nitrogen and oxygen atoms in total. The van der Waals surface area contributed by atoms with Gasteiger partial charge < -0.3 is 5.73 Å². The fourth-order valence-electron chi connectivity index (χ4n) is 0.791. The van der Waals surface area contributed by atoms with Gasteiger partial charge in [0.15, 0.2) is 0 Å². The molecule has 2 N–H and O–H groups in total. The molecule has 0 aromatic carbocycles. The van der Waals surface area contributed by atoms with Gasteiger partial charge in [0.25, 0.3) is 0 Å². The van der Waals surface area contributed by atoms with Gasteiger partial charge >= 0.3 is 0 Å². The van der Waals surface area contributed by atoms with Crippen LogP contribution < -0.4 is 5.73 Å². The zero-order chi connectivity index (χ0) is 5.98. The maximum Gasteiger partial charge on any atom is 0.0230 e. The summed E-state index contributed by atoms with van der Waals surface area (Å²) >= 11 is 0. The van der Waals surface area contributed by atoms with E-state index in [-0.39, 0.29) is 6.04 Å². The molecule has 1 heteroatoms. The van der Waals surface area contributed by atoms with Gasteiger partial charge in [-0.15, -0.1) is 0 Å². The molecule has 1 aliphatic carbocycles. The summed E-state index contributed by atoms with van der Waals surface area (Å²) < 4.78 is 0. The summed E-state index contributed by atoms with van der Waals surface area (Å²) in [7, 11) is 0. The maximum absolute atomic E-state index is 5.57. The van der Waals surface area contributed by atoms with Crippen molar-refractivity contribution in [3.8, 4) is 0 Å². The minimum absolute atomic E-state index is 0.278. The van der Waals surface area contributed by atoms with Gasteiger partial charge in [0.05, 0.1) is 0 Å². The molecule has 1 aliphatic rings. The van der Waals surface area contributed by atoms with E-state index in [2.05, 4.69) is 6.58 Å². The van der Waals surface area contributed by atoms with E-state index in [1.807, 2.05) is 12.2 Å². The fourth-order valence-corrected chi connectivity index (χ4v) is 0.791. The van der Waals surface area contributed by atoms with E-state index in [0.717, 1.165) is 12.8 Å². The third-order valence-corrected chi connectivity index (χ3v) is 1.38. The van der Waals surface area contributed by atoms with Crippen LogP contribution in [0, 0.1) is 0 Å². The zero-order valence-corrected chi connectivity index (χ0v) is 4.93. The largest absolute Gasteiger partial charge is 0.324 e. The highest BCUT2D eigenvalue weighted by molar-refractivity contribution is 5.20. The van der Waals surface area contributed by atoms with Crippen molar-refractivity contribution < 1.29 is 0 Å². The molecule has 0 aliphatic heterocycles. The molecule has 0 heterocycles. The Bertz CT molecular complexity index is 124. The SMILES string of the molecule is C=C1C=CC(N)CC1. The number of hydrogen-bond donors (Lipinski definition) is 1. The molecule has 0 aromatic rings. The second-order valence-corrected chi connectivity index (χ2v) is 2.22. The Morgan fingerprint density at radius 1 is 1.75 bits per heavy atom. The molecule has 1 rings (SSSR count). The van der Waals surface area contributed by atoms with E-state index in [9.17, 15) is 0 Å². The molecular formula is C7H11N. The summed E-state index contributed by atoms with van der Waals surface area (Å²) in [6, 6.07) is 0.278. The lowest BCUT2D eigenvalue weighted by atomic mass is 10.0. The van der Waals surface area contributed by atoms with Gasteiger partial charge in [-0.1, -0.05) is 24.3 Å². The Balaban J connectivity index is 2.55. The molecule has 0 aromatic heterocycles. The van der Waals surface area contributed by atoms with Gasteiger partial charge in [-0.25, -0.2) is 0 Å². The van der Waals surface area contributed by atoms with E-state index in [1.165, 1.54) is 5.57 Å². The van der Waals surface area contributed by atoms with Crippen molar-refractivity contribution >= 4 is 0 Å². The molecule has 0 radical (unpaired) electrons. The lowest BCUT2D eigenvalue weighted by Gasteiger charge is -2.11. The van der Waals surface area contributed by atoms with E-state index in [0.29, 0.717) is 0 Å². The first-order valence-electron chi connectivity index (χ1n) is 2.90. The van der Waals surface area contributed by atoms with E-state index in [1.54, 1.807) is 0 Å². The van der Waals surface area contributed by atoms with Crippen molar-refractivity contribution in [2.24, 2.45) is 5.73 Å². The van der Waals surface area contributed by atoms with Crippen molar-refractivity contribution in [1.29, 1.82) is 0 Å². The average Bonchev–Trinajstić information content (AvgIpc) is 1.77. The monoisotopic (exact) mass is 109 g/mol. The lowest BCUT2D eigenvalue weighted by molar-refractivity contribution is 0.704. The molecule has 0 saturated carbocycles. The van der Waals surface area contributed by atoms with Gasteiger partial charge in [-0.05, 0) is 12.8 Å².